The molecule has 2 aromatic carbocycles. The van der Waals surface area contributed by atoms with Crippen LogP contribution in [0, 0.1) is 6.92 Å². The van der Waals surface area contributed by atoms with Crippen LogP contribution in [-0.4, -0.2) is 44.7 Å². The number of benzene rings is 2. The SMILES string of the molecule is CC[C@H](CNC(=O)[C@@H](C)[NH+]1CCN(c2ccccc2C)CC1)c1ccccc1. The number of para-hydroxylation sites is 1. The molecule has 2 aromatic rings. The van der Waals surface area contributed by atoms with Gasteiger partial charge in [-0.15, -0.1) is 0 Å². The predicted molar refractivity (Wildman–Crippen MR) is 116 cm³/mol. The molecule has 1 heterocycles. The summed E-state index contributed by atoms with van der Waals surface area (Å²) in [5, 5.41) is 3.21. The summed E-state index contributed by atoms with van der Waals surface area (Å²) in [6.45, 7) is 11.1. The Labute approximate surface area is 169 Å². The average molecular weight is 381 g/mol. The highest BCUT2D eigenvalue weighted by molar-refractivity contribution is 5.80. The second-order valence-electron chi connectivity index (χ2n) is 7.91. The van der Waals surface area contributed by atoms with E-state index in [0.717, 1.165) is 32.6 Å². The van der Waals surface area contributed by atoms with Gasteiger partial charge in [-0.25, -0.2) is 0 Å². The van der Waals surface area contributed by atoms with Crippen molar-refractivity contribution in [3.8, 4) is 0 Å². The van der Waals surface area contributed by atoms with Crippen molar-refractivity contribution in [2.75, 3.05) is 37.6 Å². The fraction of sp³-hybridized carbons (Fsp3) is 0.458. The number of nitrogens with one attached hydrogen (secondary N) is 2. The quantitative estimate of drug-likeness (QED) is 0.774. The van der Waals surface area contributed by atoms with E-state index < -0.39 is 0 Å². The van der Waals surface area contributed by atoms with Gasteiger partial charge in [0, 0.05) is 18.2 Å². The van der Waals surface area contributed by atoms with Crippen molar-refractivity contribution in [3.05, 3.63) is 65.7 Å². The van der Waals surface area contributed by atoms with E-state index in [9.17, 15) is 4.79 Å². The summed E-state index contributed by atoms with van der Waals surface area (Å²) in [5.74, 6) is 0.555. The number of nitrogens with zero attached hydrogens (tertiary/aromatic N) is 1. The summed E-state index contributed by atoms with van der Waals surface area (Å²) in [4.78, 5) is 16.6. The molecule has 1 amide bonds. The number of carbonyl (C=O) groups is 1. The van der Waals surface area contributed by atoms with Crippen molar-refractivity contribution in [1.29, 1.82) is 0 Å². The second kappa shape index (κ2) is 9.74. The molecule has 0 unspecified atom stereocenters. The molecule has 1 saturated heterocycles. The number of amides is 1. The van der Waals surface area contributed by atoms with E-state index in [0.29, 0.717) is 12.5 Å². The zero-order chi connectivity index (χ0) is 19.9. The fourth-order valence-electron chi connectivity index (χ4n) is 4.17. The third kappa shape index (κ3) is 4.93. The number of piperazine rings is 1. The van der Waals surface area contributed by atoms with E-state index in [1.54, 1.807) is 0 Å². The molecule has 0 saturated carbocycles. The molecule has 2 atom stereocenters. The lowest BCUT2D eigenvalue weighted by Gasteiger charge is -2.36. The number of rotatable bonds is 7. The third-order valence-electron chi connectivity index (χ3n) is 6.15. The van der Waals surface area contributed by atoms with Crippen molar-refractivity contribution >= 4 is 11.6 Å². The van der Waals surface area contributed by atoms with Gasteiger partial charge in [-0.2, -0.15) is 0 Å². The predicted octanol–water partition coefficient (Wildman–Crippen LogP) is 2.40. The average Bonchev–Trinajstić information content (AvgIpc) is 2.75. The smallest absolute Gasteiger partial charge is 0.278 e. The maximum absolute atomic E-state index is 12.8. The van der Waals surface area contributed by atoms with Gasteiger partial charge >= 0.3 is 0 Å². The number of carbonyl (C=O) groups excluding carboxylic acids is 1. The maximum atomic E-state index is 12.8. The lowest BCUT2D eigenvalue weighted by molar-refractivity contribution is -0.914. The highest BCUT2D eigenvalue weighted by Crippen LogP contribution is 2.19. The van der Waals surface area contributed by atoms with E-state index in [-0.39, 0.29) is 11.9 Å². The van der Waals surface area contributed by atoms with Crippen LogP contribution in [0.1, 0.15) is 37.3 Å². The Morgan fingerprint density at radius 3 is 2.36 bits per heavy atom. The van der Waals surface area contributed by atoms with Gasteiger partial charge in [-0.3, -0.25) is 4.79 Å². The van der Waals surface area contributed by atoms with Gasteiger partial charge in [0.25, 0.3) is 5.91 Å². The number of anilines is 1. The lowest BCUT2D eigenvalue weighted by atomic mass is 9.96. The molecule has 0 aliphatic carbocycles. The third-order valence-corrected chi connectivity index (χ3v) is 6.15. The summed E-state index contributed by atoms with van der Waals surface area (Å²) < 4.78 is 0. The van der Waals surface area contributed by atoms with Crippen molar-refractivity contribution in [2.45, 2.75) is 39.2 Å². The van der Waals surface area contributed by atoms with E-state index in [2.05, 4.69) is 79.5 Å². The summed E-state index contributed by atoms with van der Waals surface area (Å²) in [5.41, 5.74) is 3.95. The number of aryl methyl sites for hydroxylation is 1. The highest BCUT2D eigenvalue weighted by Gasteiger charge is 2.29. The molecular weight excluding hydrogens is 346 g/mol. The van der Waals surface area contributed by atoms with Crippen LogP contribution in [0.5, 0.6) is 0 Å². The minimum absolute atomic E-state index is 0.00713. The maximum Gasteiger partial charge on any atom is 0.278 e. The van der Waals surface area contributed by atoms with Gasteiger partial charge in [0.05, 0.1) is 26.2 Å². The Balaban J connectivity index is 1.50. The Bertz CT molecular complexity index is 753. The van der Waals surface area contributed by atoms with Gasteiger partial charge in [0.1, 0.15) is 0 Å². The molecule has 28 heavy (non-hydrogen) atoms. The number of hydrogen-bond acceptors (Lipinski definition) is 2. The Hall–Kier alpha value is -2.33. The molecule has 4 nitrogen and oxygen atoms in total. The molecule has 1 fully saturated rings. The lowest BCUT2D eigenvalue weighted by Crippen LogP contribution is -3.19. The van der Waals surface area contributed by atoms with Crippen LogP contribution in [0.4, 0.5) is 5.69 Å². The van der Waals surface area contributed by atoms with Gasteiger partial charge in [0.2, 0.25) is 0 Å². The van der Waals surface area contributed by atoms with Gasteiger partial charge < -0.3 is 15.1 Å². The van der Waals surface area contributed by atoms with Crippen molar-refractivity contribution in [1.82, 2.24) is 5.32 Å². The molecule has 2 N–H and O–H groups in total. The first-order valence-corrected chi connectivity index (χ1v) is 10.6. The number of quaternary nitrogens is 1. The molecule has 150 valence electrons. The molecule has 0 spiro atoms. The summed E-state index contributed by atoms with van der Waals surface area (Å²) >= 11 is 0. The van der Waals surface area contributed by atoms with Gasteiger partial charge in [-0.05, 0) is 37.5 Å². The summed E-state index contributed by atoms with van der Waals surface area (Å²) in [6.07, 6.45) is 1.03. The highest BCUT2D eigenvalue weighted by atomic mass is 16.2. The molecule has 1 aliphatic rings. The van der Waals surface area contributed by atoms with Crippen molar-refractivity contribution in [2.24, 2.45) is 0 Å². The second-order valence-corrected chi connectivity index (χ2v) is 7.91. The molecule has 4 heteroatoms. The van der Waals surface area contributed by atoms with Crippen LogP contribution in [0.25, 0.3) is 0 Å². The van der Waals surface area contributed by atoms with Crippen LogP contribution >= 0.6 is 0 Å². The van der Waals surface area contributed by atoms with Gasteiger partial charge in [-0.1, -0.05) is 55.5 Å². The minimum Gasteiger partial charge on any atom is -0.360 e. The minimum atomic E-state index is -0.00713. The van der Waals surface area contributed by atoms with Crippen LogP contribution in [0.2, 0.25) is 0 Å². The zero-order valence-electron chi connectivity index (χ0n) is 17.4. The molecule has 0 aromatic heterocycles. The monoisotopic (exact) mass is 380 g/mol. The fourth-order valence-corrected chi connectivity index (χ4v) is 4.17. The molecular formula is C24H34N3O+. The largest absolute Gasteiger partial charge is 0.360 e. The van der Waals surface area contributed by atoms with Crippen molar-refractivity contribution < 1.29 is 9.69 Å². The van der Waals surface area contributed by atoms with Crippen LogP contribution < -0.4 is 15.1 Å². The van der Waals surface area contributed by atoms with E-state index in [4.69, 9.17) is 0 Å². The Morgan fingerprint density at radius 2 is 1.71 bits per heavy atom. The van der Waals surface area contributed by atoms with E-state index >= 15 is 0 Å². The van der Waals surface area contributed by atoms with Crippen LogP contribution in [0.3, 0.4) is 0 Å². The molecule has 1 aliphatic heterocycles. The molecule has 0 bridgehead atoms. The van der Waals surface area contributed by atoms with Gasteiger partial charge in [0.15, 0.2) is 6.04 Å². The standard InChI is InChI=1S/C24H33N3O/c1-4-21(22-11-6-5-7-12-22)18-25-24(28)20(3)26-14-16-27(17-15-26)23-13-9-8-10-19(23)2/h5-13,20-21H,4,14-18H2,1-3H3,(H,25,28)/p+1/t20-,21-/m1/s1. The first-order chi connectivity index (χ1) is 13.6. The summed E-state index contributed by atoms with van der Waals surface area (Å²) in [6, 6.07) is 19.0. The van der Waals surface area contributed by atoms with E-state index in [1.165, 1.54) is 21.7 Å². The van der Waals surface area contributed by atoms with E-state index in [1.807, 2.05) is 6.07 Å². The first-order valence-electron chi connectivity index (χ1n) is 10.6. The zero-order valence-corrected chi connectivity index (χ0v) is 17.4. The van der Waals surface area contributed by atoms with Crippen LogP contribution in [0.15, 0.2) is 54.6 Å². The van der Waals surface area contributed by atoms with Crippen LogP contribution in [-0.2, 0) is 4.79 Å². The first kappa shape index (κ1) is 20.4. The Morgan fingerprint density at radius 1 is 1.07 bits per heavy atom. The van der Waals surface area contributed by atoms with Crippen molar-refractivity contribution in [3.63, 3.8) is 0 Å². The normalized spacial score (nSPS) is 17.2. The molecule has 3 rings (SSSR count). The Kier molecular flexibility index (Phi) is 7.10. The molecule has 0 radical (unpaired) electrons. The number of hydrogen-bond donors (Lipinski definition) is 2. The summed E-state index contributed by atoms with van der Waals surface area (Å²) in [7, 11) is 0. The topological polar surface area (TPSA) is 36.8 Å².